The summed E-state index contributed by atoms with van der Waals surface area (Å²) in [6, 6.07) is 3.90. The number of thiophene rings is 2. The van der Waals surface area contributed by atoms with Crippen LogP contribution in [0.2, 0.25) is 0 Å². The third-order valence-corrected chi connectivity index (χ3v) is 5.54. The Kier molecular flexibility index (Phi) is 4.31. The Morgan fingerprint density at radius 3 is 2.77 bits per heavy atom. The fourth-order valence-corrected chi connectivity index (χ4v) is 4.14. The predicted octanol–water partition coefficient (Wildman–Crippen LogP) is 4.25. The molecule has 1 fully saturated rings. The summed E-state index contributed by atoms with van der Waals surface area (Å²) in [5.74, 6) is 0.119. The first-order valence-electron chi connectivity index (χ1n) is 7.25. The van der Waals surface area contributed by atoms with Gasteiger partial charge in [-0.1, -0.05) is 13.0 Å². The minimum absolute atomic E-state index is 0.00220. The molecule has 1 N–H and O–H groups in total. The van der Waals surface area contributed by atoms with Crippen LogP contribution >= 0.6 is 22.7 Å². The first-order chi connectivity index (χ1) is 10.6. The van der Waals surface area contributed by atoms with Crippen LogP contribution in [0.25, 0.3) is 10.4 Å². The molecule has 1 aliphatic carbocycles. The number of esters is 1. The van der Waals surface area contributed by atoms with E-state index < -0.39 is 0 Å². The SMILES string of the molecule is CCOC(=O)c1c(-c2cccs2)csc1NC(=O)C1CC1C. The molecule has 0 spiro atoms. The van der Waals surface area contributed by atoms with Crippen molar-refractivity contribution in [2.24, 2.45) is 11.8 Å². The number of anilines is 1. The summed E-state index contributed by atoms with van der Waals surface area (Å²) >= 11 is 2.94. The normalized spacial score (nSPS) is 19.7. The van der Waals surface area contributed by atoms with Gasteiger partial charge in [0.05, 0.1) is 6.61 Å². The highest BCUT2D eigenvalue weighted by atomic mass is 32.1. The van der Waals surface area contributed by atoms with Gasteiger partial charge in [0.1, 0.15) is 10.6 Å². The summed E-state index contributed by atoms with van der Waals surface area (Å²) in [5.41, 5.74) is 1.30. The van der Waals surface area contributed by atoms with Crippen LogP contribution in [0, 0.1) is 11.8 Å². The molecule has 2 aromatic rings. The van der Waals surface area contributed by atoms with Gasteiger partial charge in [0, 0.05) is 21.7 Å². The fourth-order valence-electron chi connectivity index (χ4n) is 2.36. The molecule has 2 aromatic heterocycles. The van der Waals surface area contributed by atoms with Crippen molar-refractivity contribution in [2.45, 2.75) is 20.3 Å². The van der Waals surface area contributed by atoms with E-state index >= 15 is 0 Å². The van der Waals surface area contributed by atoms with E-state index in [1.165, 1.54) is 11.3 Å². The molecule has 0 aromatic carbocycles. The van der Waals surface area contributed by atoms with Crippen LogP contribution in [0.4, 0.5) is 5.00 Å². The Morgan fingerprint density at radius 2 is 2.18 bits per heavy atom. The lowest BCUT2D eigenvalue weighted by Crippen LogP contribution is -2.16. The molecule has 1 saturated carbocycles. The van der Waals surface area contributed by atoms with E-state index in [0.717, 1.165) is 16.9 Å². The second kappa shape index (κ2) is 6.22. The number of nitrogens with one attached hydrogen (secondary N) is 1. The highest BCUT2D eigenvalue weighted by molar-refractivity contribution is 7.17. The van der Waals surface area contributed by atoms with Crippen molar-refractivity contribution in [1.29, 1.82) is 0 Å². The third kappa shape index (κ3) is 2.94. The summed E-state index contributed by atoms with van der Waals surface area (Å²) in [5, 5.41) is 7.37. The summed E-state index contributed by atoms with van der Waals surface area (Å²) in [6.07, 6.45) is 0.920. The summed E-state index contributed by atoms with van der Waals surface area (Å²) in [4.78, 5) is 25.5. The lowest BCUT2D eigenvalue weighted by molar-refractivity contribution is -0.117. The number of amides is 1. The lowest BCUT2D eigenvalue weighted by Gasteiger charge is -2.07. The molecular formula is C16H17NO3S2. The smallest absolute Gasteiger partial charge is 0.341 e. The number of carbonyl (C=O) groups is 2. The van der Waals surface area contributed by atoms with Crippen molar-refractivity contribution >= 4 is 39.6 Å². The van der Waals surface area contributed by atoms with Crippen molar-refractivity contribution in [1.82, 2.24) is 0 Å². The molecule has 2 heterocycles. The maximum Gasteiger partial charge on any atom is 0.341 e. The number of rotatable bonds is 5. The van der Waals surface area contributed by atoms with Crippen LogP contribution in [-0.4, -0.2) is 18.5 Å². The van der Waals surface area contributed by atoms with E-state index in [2.05, 4.69) is 12.2 Å². The second-order valence-corrected chi connectivity index (χ2v) is 7.19. The molecule has 0 aliphatic heterocycles. The first-order valence-corrected chi connectivity index (χ1v) is 9.01. The van der Waals surface area contributed by atoms with Gasteiger partial charge in [0.25, 0.3) is 0 Å². The second-order valence-electron chi connectivity index (χ2n) is 5.36. The monoisotopic (exact) mass is 335 g/mol. The molecule has 2 atom stereocenters. The Balaban J connectivity index is 1.92. The van der Waals surface area contributed by atoms with Crippen molar-refractivity contribution in [3.8, 4) is 10.4 Å². The number of hydrogen-bond acceptors (Lipinski definition) is 5. The van der Waals surface area contributed by atoms with E-state index in [-0.39, 0.29) is 17.8 Å². The lowest BCUT2D eigenvalue weighted by atomic mass is 10.1. The fraction of sp³-hybridized carbons (Fsp3) is 0.375. The van der Waals surface area contributed by atoms with Gasteiger partial charge in [-0.15, -0.1) is 22.7 Å². The van der Waals surface area contributed by atoms with Gasteiger partial charge in [-0.25, -0.2) is 4.79 Å². The van der Waals surface area contributed by atoms with Gasteiger partial charge >= 0.3 is 5.97 Å². The molecule has 4 nitrogen and oxygen atoms in total. The van der Waals surface area contributed by atoms with Gasteiger partial charge in [0.15, 0.2) is 0 Å². The molecule has 116 valence electrons. The summed E-state index contributed by atoms with van der Waals surface area (Å²) in [7, 11) is 0. The Bertz CT molecular complexity index is 690. The Labute approximate surface area is 137 Å². The number of hydrogen-bond donors (Lipinski definition) is 1. The topological polar surface area (TPSA) is 55.4 Å². The maximum absolute atomic E-state index is 12.3. The van der Waals surface area contributed by atoms with E-state index in [1.54, 1.807) is 18.3 Å². The van der Waals surface area contributed by atoms with Crippen LogP contribution in [0.1, 0.15) is 30.6 Å². The van der Waals surface area contributed by atoms with Crippen LogP contribution in [0.5, 0.6) is 0 Å². The molecule has 1 aliphatic rings. The average Bonchev–Trinajstić information content (AvgIpc) is 2.93. The zero-order valence-electron chi connectivity index (χ0n) is 12.4. The molecular weight excluding hydrogens is 318 g/mol. The molecule has 6 heteroatoms. The Hall–Kier alpha value is -1.66. The minimum Gasteiger partial charge on any atom is -0.462 e. The van der Waals surface area contributed by atoms with Crippen molar-refractivity contribution in [3.05, 3.63) is 28.5 Å². The minimum atomic E-state index is -0.383. The highest BCUT2D eigenvalue weighted by Gasteiger charge is 2.39. The number of ether oxygens (including phenoxy) is 1. The molecule has 0 saturated heterocycles. The average molecular weight is 335 g/mol. The predicted molar refractivity (Wildman–Crippen MR) is 89.5 cm³/mol. The van der Waals surface area contributed by atoms with Crippen molar-refractivity contribution in [3.63, 3.8) is 0 Å². The van der Waals surface area contributed by atoms with Crippen molar-refractivity contribution in [2.75, 3.05) is 11.9 Å². The molecule has 2 unspecified atom stereocenters. The van der Waals surface area contributed by atoms with E-state index in [0.29, 0.717) is 23.1 Å². The first kappa shape index (κ1) is 15.2. The van der Waals surface area contributed by atoms with Gasteiger partial charge < -0.3 is 10.1 Å². The Morgan fingerprint density at radius 1 is 1.41 bits per heavy atom. The molecule has 22 heavy (non-hydrogen) atoms. The van der Waals surface area contributed by atoms with Crippen LogP contribution in [0.15, 0.2) is 22.9 Å². The van der Waals surface area contributed by atoms with Gasteiger partial charge in [-0.05, 0) is 30.7 Å². The van der Waals surface area contributed by atoms with Crippen LogP contribution in [0.3, 0.4) is 0 Å². The molecule has 0 radical (unpaired) electrons. The molecule has 1 amide bonds. The van der Waals surface area contributed by atoms with E-state index in [9.17, 15) is 9.59 Å². The molecule has 0 bridgehead atoms. The maximum atomic E-state index is 12.3. The van der Waals surface area contributed by atoms with Gasteiger partial charge in [-0.2, -0.15) is 0 Å². The number of carbonyl (C=O) groups excluding carboxylic acids is 2. The highest BCUT2D eigenvalue weighted by Crippen LogP contribution is 2.41. The molecule has 3 rings (SSSR count). The van der Waals surface area contributed by atoms with Crippen LogP contribution in [-0.2, 0) is 9.53 Å². The largest absolute Gasteiger partial charge is 0.462 e. The summed E-state index contributed by atoms with van der Waals surface area (Å²) in [6.45, 7) is 4.15. The van der Waals surface area contributed by atoms with Crippen LogP contribution < -0.4 is 5.32 Å². The zero-order chi connectivity index (χ0) is 15.7. The van der Waals surface area contributed by atoms with Gasteiger partial charge in [0.2, 0.25) is 5.91 Å². The van der Waals surface area contributed by atoms with Gasteiger partial charge in [-0.3, -0.25) is 4.79 Å². The summed E-state index contributed by atoms with van der Waals surface area (Å²) < 4.78 is 5.17. The van der Waals surface area contributed by atoms with E-state index in [1.807, 2.05) is 22.9 Å². The van der Waals surface area contributed by atoms with Crippen molar-refractivity contribution < 1.29 is 14.3 Å². The quantitative estimate of drug-likeness (QED) is 0.831. The standard InChI is InChI=1S/C16H17NO3S2/c1-3-20-16(19)13-11(12-5-4-6-21-12)8-22-15(13)17-14(18)10-7-9(10)2/h4-6,8-10H,3,7H2,1-2H3,(H,17,18). The third-order valence-electron chi connectivity index (χ3n) is 3.74. The zero-order valence-corrected chi connectivity index (χ0v) is 14.1. The van der Waals surface area contributed by atoms with E-state index in [4.69, 9.17) is 4.74 Å².